The number of amides is 1. The van der Waals surface area contributed by atoms with Crippen molar-refractivity contribution in [2.75, 3.05) is 24.7 Å². The first kappa shape index (κ1) is 16.8. The largest absolute Gasteiger partial charge is 0.394 e. The van der Waals surface area contributed by atoms with Crippen molar-refractivity contribution in [3.63, 3.8) is 0 Å². The van der Waals surface area contributed by atoms with Gasteiger partial charge in [-0.05, 0) is 18.4 Å². The minimum Gasteiger partial charge on any atom is -0.394 e. The molecule has 0 radical (unpaired) electrons. The van der Waals surface area contributed by atoms with Crippen molar-refractivity contribution in [1.82, 2.24) is 9.62 Å². The van der Waals surface area contributed by atoms with Gasteiger partial charge in [0.25, 0.3) is 10.0 Å². The number of aliphatic hydroxyl groups excluding tert-OH is 1. The number of carbonyl (C=O) groups is 1. The van der Waals surface area contributed by atoms with Crippen LogP contribution in [0, 0.1) is 0 Å². The second-order valence-electron chi connectivity index (χ2n) is 4.72. The molecule has 9 heteroatoms. The average molecular weight is 350 g/mol. The van der Waals surface area contributed by atoms with Gasteiger partial charge in [0.2, 0.25) is 5.91 Å². The molecule has 1 aliphatic rings. The standard InChI is InChI=1S/C12H18N2O4S3/c1-9(13-21(17,18)11-3-2-5-20-11)12(16)14-4-6-19-8-10(14)7-15/h2-3,5,9-10,13,15H,4,6-8H2,1H3. The minimum absolute atomic E-state index is 0.108. The summed E-state index contributed by atoms with van der Waals surface area (Å²) in [4.78, 5) is 14.0. The molecule has 0 aromatic carbocycles. The van der Waals surface area contributed by atoms with Crippen molar-refractivity contribution < 1.29 is 18.3 Å². The first-order valence-corrected chi connectivity index (χ1v) is 10.0. The molecule has 2 atom stereocenters. The van der Waals surface area contributed by atoms with Gasteiger partial charge in [-0.1, -0.05) is 6.07 Å². The van der Waals surface area contributed by atoms with Crippen molar-refractivity contribution in [3.8, 4) is 0 Å². The third-order valence-corrected chi connectivity index (χ3v) is 7.21. The minimum atomic E-state index is -3.67. The molecule has 0 bridgehead atoms. The van der Waals surface area contributed by atoms with Gasteiger partial charge in [-0.3, -0.25) is 4.79 Å². The molecular weight excluding hydrogens is 332 g/mol. The predicted octanol–water partition coefficient (Wildman–Crippen LogP) is 0.351. The van der Waals surface area contributed by atoms with Crippen LogP contribution in [0.3, 0.4) is 0 Å². The number of thioether (sulfide) groups is 1. The molecule has 2 rings (SSSR count). The van der Waals surface area contributed by atoms with Gasteiger partial charge < -0.3 is 10.0 Å². The second-order valence-corrected chi connectivity index (χ2v) is 8.76. The summed E-state index contributed by atoms with van der Waals surface area (Å²) in [5, 5.41) is 11.0. The topological polar surface area (TPSA) is 86.7 Å². The number of hydrogen-bond donors (Lipinski definition) is 2. The summed E-state index contributed by atoms with van der Waals surface area (Å²) in [6.45, 7) is 1.95. The fourth-order valence-electron chi connectivity index (χ4n) is 2.10. The summed E-state index contributed by atoms with van der Waals surface area (Å²) in [5.74, 6) is 1.17. The number of rotatable bonds is 5. The Balaban J connectivity index is 2.05. The molecule has 1 aromatic heterocycles. The van der Waals surface area contributed by atoms with Gasteiger partial charge in [0.15, 0.2) is 0 Å². The highest BCUT2D eigenvalue weighted by Crippen LogP contribution is 2.19. The Morgan fingerprint density at radius 2 is 2.38 bits per heavy atom. The number of aliphatic hydroxyl groups is 1. The molecule has 118 valence electrons. The Labute approximate surface area is 132 Å². The highest BCUT2D eigenvalue weighted by molar-refractivity contribution is 7.99. The maximum Gasteiger partial charge on any atom is 0.250 e. The summed E-state index contributed by atoms with van der Waals surface area (Å²) in [6, 6.07) is 2.05. The monoisotopic (exact) mass is 350 g/mol. The van der Waals surface area contributed by atoms with Crippen LogP contribution in [0.1, 0.15) is 6.92 Å². The highest BCUT2D eigenvalue weighted by atomic mass is 32.2. The molecule has 1 aliphatic heterocycles. The average Bonchev–Trinajstić information content (AvgIpc) is 3.01. The van der Waals surface area contributed by atoms with E-state index in [1.807, 2.05) is 0 Å². The maximum absolute atomic E-state index is 12.4. The molecule has 0 aliphatic carbocycles. The molecule has 2 unspecified atom stereocenters. The molecule has 21 heavy (non-hydrogen) atoms. The first-order valence-electron chi connectivity index (χ1n) is 6.50. The van der Waals surface area contributed by atoms with Gasteiger partial charge in [-0.15, -0.1) is 11.3 Å². The Morgan fingerprint density at radius 3 is 3.00 bits per heavy atom. The zero-order chi connectivity index (χ0) is 15.5. The molecule has 1 fully saturated rings. The van der Waals surface area contributed by atoms with Crippen LogP contribution in [0.2, 0.25) is 0 Å². The fourth-order valence-corrected chi connectivity index (χ4v) is 5.36. The third kappa shape index (κ3) is 3.98. The van der Waals surface area contributed by atoms with E-state index in [1.165, 1.54) is 13.0 Å². The zero-order valence-corrected chi connectivity index (χ0v) is 14.0. The third-order valence-electron chi connectivity index (χ3n) is 3.18. The number of nitrogens with one attached hydrogen (secondary N) is 1. The summed E-state index contributed by atoms with van der Waals surface area (Å²) in [6.07, 6.45) is 0. The van der Waals surface area contributed by atoms with Crippen molar-refractivity contribution in [2.24, 2.45) is 0 Å². The molecule has 1 aromatic rings. The van der Waals surface area contributed by atoms with Crippen molar-refractivity contribution in [1.29, 1.82) is 0 Å². The molecular formula is C12H18N2O4S3. The van der Waals surface area contributed by atoms with Gasteiger partial charge in [-0.25, -0.2) is 8.42 Å². The van der Waals surface area contributed by atoms with Gasteiger partial charge in [0, 0.05) is 18.1 Å². The highest BCUT2D eigenvalue weighted by Gasteiger charge is 2.31. The summed E-state index contributed by atoms with van der Waals surface area (Å²) in [7, 11) is -3.67. The normalized spacial score (nSPS) is 21.2. The van der Waals surface area contributed by atoms with E-state index in [0.717, 1.165) is 17.1 Å². The van der Waals surface area contributed by atoms with E-state index < -0.39 is 16.1 Å². The Hall–Kier alpha value is -0.610. The Bertz CT molecular complexity index is 573. The number of nitrogens with zero attached hydrogens (tertiary/aromatic N) is 1. The van der Waals surface area contributed by atoms with Crippen molar-refractivity contribution in [3.05, 3.63) is 17.5 Å². The molecule has 2 N–H and O–H groups in total. The lowest BCUT2D eigenvalue weighted by Crippen LogP contribution is -2.54. The predicted molar refractivity (Wildman–Crippen MR) is 84.0 cm³/mol. The molecule has 1 saturated heterocycles. The van der Waals surface area contributed by atoms with Crippen molar-refractivity contribution in [2.45, 2.75) is 23.2 Å². The van der Waals surface area contributed by atoms with E-state index in [1.54, 1.807) is 28.1 Å². The van der Waals surface area contributed by atoms with Crippen LogP contribution in [-0.4, -0.2) is 61.1 Å². The molecule has 0 spiro atoms. The van der Waals surface area contributed by atoms with Crippen molar-refractivity contribution >= 4 is 39.0 Å². The van der Waals surface area contributed by atoms with Crippen LogP contribution < -0.4 is 4.72 Å². The van der Waals surface area contributed by atoms with Gasteiger partial charge in [0.05, 0.1) is 18.7 Å². The summed E-state index contributed by atoms with van der Waals surface area (Å²) < 4.78 is 26.8. The van der Waals surface area contributed by atoms with E-state index in [0.29, 0.717) is 12.3 Å². The van der Waals surface area contributed by atoms with Crippen LogP contribution in [0.4, 0.5) is 0 Å². The SMILES string of the molecule is CC(NS(=O)(=O)c1cccs1)C(=O)N1CCSCC1CO. The van der Waals surface area contributed by atoms with Crippen LogP contribution in [0.15, 0.2) is 21.7 Å². The van der Waals surface area contributed by atoms with E-state index >= 15 is 0 Å². The van der Waals surface area contributed by atoms with Gasteiger partial charge in [0.1, 0.15) is 4.21 Å². The van der Waals surface area contributed by atoms with E-state index in [4.69, 9.17) is 0 Å². The second kappa shape index (κ2) is 7.10. The zero-order valence-electron chi connectivity index (χ0n) is 11.6. The van der Waals surface area contributed by atoms with Crippen LogP contribution in [-0.2, 0) is 14.8 Å². The lowest BCUT2D eigenvalue weighted by Gasteiger charge is -2.35. The summed E-state index contributed by atoms with van der Waals surface area (Å²) in [5.41, 5.74) is 0. The maximum atomic E-state index is 12.4. The molecule has 0 saturated carbocycles. The van der Waals surface area contributed by atoms with E-state index in [2.05, 4.69) is 4.72 Å². The van der Waals surface area contributed by atoms with E-state index in [9.17, 15) is 18.3 Å². The lowest BCUT2D eigenvalue weighted by molar-refractivity contribution is -0.135. The Kier molecular flexibility index (Phi) is 5.67. The van der Waals surface area contributed by atoms with Gasteiger partial charge in [-0.2, -0.15) is 16.5 Å². The Morgan fingerprint density at radius 1 is 1.62 bits per heavy atom. The van der Waals surface area contributed by atoms with E-state index in [-0.39, 0.29) is 22.8 Å². The number of sulfonamides is 1. The first-order chi connectivity index (χ1) is 9.95. The smallest absolute Gasteiger partial charge is 0.250 e. The van der Waals surface area contributed by atoms with Crippen LogP contribution in [0.5, 0.6) is 0 Å². The van der Waals surface area contributed by atoms with Gasteiger partial charge >= 0.3 is 0 Å². The lowest BCUT2D eigenvalue weighted by atomic mass is 10.2. The van der Waals surface area contributed by atoms with Crippen LogP contribution >= 0.6 is 23.1 Å². The number of carbonyl (C=O) groups excluding carboxylic acids is 1. The summed E-state index contributed by atoms with van der Waals surface area (Å²) >= 11 is 2.79. The quantitative estimate of drug-likeness (QED) is 0.800. The molecule has 1 amide bonds. The number of hydrogen-bond acceptors (Lipinski definition) is 6. The molecule has 6 nitrogen and oxygen atoms in total. The molecule has 2 heterocycles. The fraction of sp³-hybridized carbons (Fsp3) is 0.583. The van der Waals surface area contributed by atoms with Crippen LogP contribution in [0.25, 0.3) is 0 Å². The number of thiophene rings is 1.